The van der Waals surface area contributed by atoms with Gasteiger partial charge in [-0.1, -0.05) is 24.3 Å². The van der Waals surface area contributed by atoms with Crippen molar-refractivity contribution in [1.82, 2.24) is 0 Å². The molecule has 0 amide bonds. The number of nitrogens with zero attached hydrogens (tertiary/aromatic N) is 3. The highest BCUT2D eigenvalue weighted by atomic mass is 16.6. The minimum atomic E-state index is -0.494. The molecule has 0 aliphatic heterocycles. The number of nitriles is 2. The number of allylic oxidation sites excluding steroid dienone is 1. The Morgan fingerprint density at radius 3 is 2.57 bits per heavy atom. The van der Waals surface area contributed by atoms with Crippen LogP contribution in [0.4, 0.5) is 5.69 Å². The van der Waals surface area contributed by atoms with Crippen molar-refractivity contribution < 1.29 is 4.92 Å². The third-order valence-electron chi connectivity index (χ3n) is 2.86. The predicted octanol–water partition coefficient (Wildman–Crippen LogP) is 3.53. The lowest BCUT2D eigenvalue weighted by molar-refractivity contribution is -0.385. The van der Waals surface area contributed by atoms with Crippen molar-refractivity contribution in [2.75, 3.05) is 0 Å². The average Bonchev–Trinajstić information content (AvgIpc) is 2.52. The fourth-order valence-electron chi connectivity index (χ4n) is 1.87. The molecule has 5 heteroatoms. The molecular formula is C16H9N3O2. The molecule has 2 aromatic rings. The van der Waals surface area contributed by atoms with Gasteiger partial charge in [-0.3, -0.25) is 10.1 Å². The number of hydrogen-bond acceptors (Lipinski definition) is 4. The van der Waals surface area contributed by atoms with Crippen LogP contribution in [-0.2, 0) is 0 Å². The molecule has 0 aliphatic rings. The lowest BCUT2D eigenvalue weighted by Crippen LogP contribution is -1.91. The van der Waals surface area contributed by atoms with E-state index in [4.69, 9.17) is 5.26 Å². The van der Waals surface area contributed by atoms with Crippen LogP contribution in [0, 0.1) is 32.8 Å². The van der Waals surface area contributed by atoms with Gasteiger partial charge in [-0.2, -0.15) is 10.5 Å². The largest absolute Gasteiger partial charge is 0.276 e. The Kier molecular flexibility index (Phi) is 4.09. The molecule has 2 rings (SSSR count). The number of benzene rings is 2. The second-order valence-electron chi connectivity index (χ2n) is 4.18. The number of para-hydroxylation sites is 1. The molecule has 21 heavy (non-hydrogen) atoms. The first-order valence-electron chi connectivity index (χ1n) is 6.01. The topological polar surface area (TPSA) is 90.7 Å². The third-order valence-corrected chi connectivity index (χ3v) is 2.86. The van der Waals surface area contributed by atoms with E-state index in [0.717, 1.165) is 0 Å². The van der Waals surface area contributed by atoms with Gasteiger partial charge in [0.25, 0.3) is 5.69 Å². The van der Waals surface area contributed by atoms with Crippen LogP contribution < -0.4 is 0 Å². The molecule has 5 nitrogen and oxygen atoms in total. The molecule has 0 bridgehead atoms. The molecule has 0 aliphatic carbocycles. The summed E-state index contributed by atoms with van der Waals surface area (Å²) >= 11 is 0. The van der Waals surface area contributed by atoms with E-state index in [2.05, 4.69) is 0 Å². The SMILES string of the molecule is N#C/C(=C\c1ccccc1[N+](=O)[O-])c1cccc(C#N)c1. The smallest absolute Gasteiger partial charge is 0.258 e. The average molecular weight is 275 g/mol. The Morgan fingerprint density at radius 1 is 1.14 bits per heavy atom. The molecule has 0 fully saturated rings. The van der Waals surface area contributed by atoms with Gasteiger partial charge in [0, 0.05) is 6.07 Å². The van der Waals surface area contributed by atoms with Crippen LogP contribution in [0.5, 0.6) is 0 Å². The maximum absolute atomic E-state index is 11.0. The van der Waals surface area contributed by atoms with Crippen LogP contribution in [0.15, 0.2) is 48.5 Å². The van der Waals surface area contributed by atoms with E-state index in [9.17, 15) is 15.4 Å². The fraction of sp³-hybridized carbons (Fsp3) is 0. The molecule has 0 atom stereocenters. The molecule has 0 spiro atoms. The van der Waals surface area contributed by atoms with Crippen molar-refractivity contribution in [2.24, 2.45) is 0 Å². The van der Waals surface area contributed by atoms with Crippen molar-refractivity contribution in [3.8, 4) is 12.1 Å². The zero-order valence-corrected chi connectivity index (χ0v) is 10.9. The van der Waals surface area contributed by atoms with E-state index < -0.39 is 4.92 Å². The summed E-state index contributed by atoms with van der Waals surface area (Å²) in [4.78, 5) is 10.5. The molecule has 0 saturated heterocycles. The zero-order valence-electron chi connectivity index (χ0n) is 10.9. The summed E-state index contributed by atoms with van der Waals surface area (Å²) in [5.41, 5.74) is 1.52. The second kappa shape index (κ2) is 6.14. The summed E-state index contributed by atoms with van der Waals surface area (Å²) in [5, 5.41) is 29.1. The fourth-order valence-corrected chi connectivity index (χ4v) is 1.87. The molecule has 0 heterocycles. The maximum atomic E-state index is 11.0. The van der Waals surface area contributed by atoms with E-state index in [1.165, 1.54) is 12.1 Å². The van der Waals surface area contributed by atoms with Gasteiger partial charge in [-0.05, 0) is 29.8 Å². The minimum Gasteiger partial charge on any atom is -0.258 e. The molecular weight excluding hydrogens is 266 g/mol. The highest BCUT2D eigenvalue weighted by Crippen LogP contribution is 2.24. The van der Waals surface area contributed by atoms with Gasteiger partial charge in [0.15, 0.2) is 0 Å². The van der Waals surface area contributed by atoms with Gasteiger partial charge in [-0.25, -0.2) is 0 Å². The van der Waals surface area contributed by atoms with Crippen LogP contribution in [0.1, 0.15) is 16.7 Å². The van der Waals surface area contributed by atoms with Gasteiger partial charge in [-0.15, -0.1) is 0 Å². The Hall–Kier alpha value is -3.44. The Bertz CT molecular complexity index is 811. The Morgan fingerprint density at radius 2 is 1.90 bits per heavy atom. The molecule has 2 aromatic carbocycles. The zero-order chi connectivity index (χ0) is 15.2. The Labute approximate surface area is 121 Å². The summed E-state index contributed by atoms with van der Waals surface area (Å²) in [6.07, 6.45) is 1.45. The summed E-state index contributed by atoms with van der Waals surface area (Å²) < 4.78 is 0. The van der Waals surface area contributed by atoms with E-state index in [-0.39, 0.29) is 11.3 Å². The van der Waals surface area contributed by atoms with Crippen LogP contribution in [0.25, 0.3) is 11.6 Å². The molecule has 0 N–H and O–H groups in total. The van der Waals surface area contributed by atoms with Crippen molar-refractivity contribution in [2.45, 2.75) is 0 Å². The van der Waals surface area contributed by atoms with E-state index >= 15 is 0 Å². The summed E-state index contributed by atoms with van der Waals surface area (Å²) in [6.45, 7) is 0. The summed E-state index contributed by atoms with van der Waals surface area (Å²) in [6, 6.07) is 16.7. The monoisotopic (exact) mass is 275 g/mol. The normalized spacial score (nSPS) is 10.5. The minimum absolute atomic E-state index is 0.0679. The van der Waals surface area contributed by atoms with Crippen LogP contribution in [0.3, 0.4) is 0 Å². The van der Waals surface area contributed by atoms with Crippen LogP contribution in [0.2, 0.25) is 0 Å². The third kappa shape index (κ3) is 3.12. The maximum Gasteiger partial charge on any atom is 0.276 e. The second-order valence-corrected chi connectivity index (χ2v) is 4.18. The van der Waals surface area contributed by atoms with Crippen molar-refractivity contribution >= 4 is 17.3 Å². The summed E-state index contributed by atoms with van der Waals surface area (Å²) in [5.74, 6) is 0. The lowest BCUT2D eigenvalue weighted by atomic mass is 10.0. The molecule has 100 valence electrons. The van der Waals surface area contributed by atoms with Crippen molar-refractivity contribution in [3.05, 3.63) is 75.3 Å². The first-order valence-corrected chi connectivity index (χ1v) is 6.01. The van der Waals surface area contributed by atoms with Crippen molar-refractivity contribution in [1.29, 1.82) is 10.5 Å². The number of nitro groups is 1. The first-order chi connectivity index (χ1) is 10.2. The molecule has 0 unspecified atom stereocenters. The molecule has 0 radical (unpaired) electrons. The van der Waals surface area contributed by atoms with Gasteiger partial charge in [0.05, 0.1) is 33.8 Å². The van der Waals surface area contributed by atoms with Crippen LogP contribution >= 0.6 is 0 Å². The molecule has 0 saturated carbocycles. The van der Waals surface area contributed by atoms with E-state index in [1.54, 1.807) is 42.5 Å². The number of nitro benzene ring substituents is 1. The van der Waals surface area contributed by atoms with E-state index in [1.807, 2.05) is 12.1 Å². The van der Waals surface area contributed by atoms with Crippen LogP contribution in [-0.4, -0.2) is 4.92 Å². The standard InChI is InChI=1S/C16H9N3O2/c17-10-12-4-3-6-13(8-12)15(11-18)9-14-5-1-2-7-16(14)19(20)21/h1-9H/b15-9+. The van der Waals surface area contributed by atoms with Gasteiger partial charge >= 0.3 is 0 Å². The number of rotatable bonds is 3. The van der Waals surface area contributed by atoms with Gasteiger partial charge in [0.1, 0.15) is 0 Å². The molecule has 0 aromatic heterocycles. The van der Waals surface area contributed by atoms with Gasteiger partial charge < -0.3 is 0 Å². The first kappa shape index (κ1) is 14.0. The quantitative estimate of drug-likeness (QED) is 0.371. The summed E-state index contributed by atoms with van der Waals surface area (Å²) in [7, 11) is 0. The van der Waals surface area contributed by atoms with E-state index in [0.29, 0.717) is 16.7 Å². The lowest BCUT2D eigenvalue weighted by Gasteiger charge is -2.01. The Balaban J connectivity index is 2.54. The number of hydrogen-bond donors (Lipinski definition) is 0. The highest BCUT2D eigenvalue weighted by molar-refractivity contribution is 5.91. The predicted molar refractivity (Wildman–Crippen MR) is 77.7 cm³/mol. The van der Waals surface area contributed by atoms with Gasteiger partial charge in [0.2, 0.25) is 0 Å². The van der Waals surface area contributed by atoms with Crippen molar-refractivity contribution in [3.63, 3.8) is 0 Å². The highest BCUT2D eigenvalue weighted by Gasteiger charge is 2.12.